The molecular weight excluding hydrogens is 937 g/mol. The highest BCUT2D eigenvalue weighted by molar-refractivity contribution is 6.30. The van der Waals surface area contributed by atoms with E-state index >= 15 is 0 Å². The van der Waals surface area contributed by atoms with Gasteiger partial charge in [0.05, 0.1) is 0 Å². The molecule has 9 aromatic rings. The summed E-state index contributed by atoms with van der Waals surface area (Å²) in [6.45, 7) is 7.10. The van der Waals surface area contributed by atoms with E-state index in [4.69, 9.17) is 14.2 Å². The fourth-order valence-corrected chi connectivity index (χ4v) is 9.11. The van der Waals surface area contributed by atoms with Crippen molar-refractivity contribution in [2.75, 3.05) is 0 Å². The average Bonchev–Trinajstić information content (AvgIpc) is 3.45. The molecule has 0 aromatic heterocycles. The molecule has 0 amide bonds. The molecule has 0 spiro atoms. The maximum Gasteiger partial charge on any atom is 0.194 e. The molecule has 0 N–H and O–H groups in total. The Hall–Kier alpha value is -9.60. The third-order valence-electron chi connectivity index (χ3n) is 13.2. The Bertz CT molecular complexity index is 3340. The molecular formula is C66H48O9. The largest absolute Gasteiger partial charge is 0.489 e. The number of fused-ring (bicyclic) bond motifs is 6. The van der Waals surface area contributed by atoms with Gasteiger partial charge in [-0.15, -0.1) is 0 Å². The third-order valence-corrected chi connectivity index (χ3v) is 13.2. The van der Waals surface area contributed by atoms with Crippen molar-refractivity contribution in [1.82, 2.24) is 0 Å². The van der Waals surface area contributed by atoms with Gasteiger partial charge in [0.15, 0.2) is 34.7 Å². The molecule has 3 aliphatic rings. The highest BCUT2D eigenvalue weighted by Gasteiger charge is 2.32. The van der Waals surface area contributed by atoms with E-state index < -0.39 is 0 Å². The zero-order valence-corrected chi connectivity index (χ0v) is 41.3. The van der Waals surface area contributed by atoms with Crippen LogP contribution in [0.3, 0.4) is 0 Å². The van der Waals surface area contributed by atoms with Crippen LogP contribution in [0.4, 0.5) is 0 Å². The summed E-state index contributed by atoms with van der Waals surface area (Å²) in [7, 11) is 0. The van der Waals surface area contributed by atoms with Crippen LogP contribution in [0.25, 0.3) is 0 Å². The van der Waals surface area contributed by atoms with Crippen LogP contribution in [0.5, 0.6) is 17.2 Å². The summed E-state index contributed by atoms with van der Waals surface area (Å²) in [6, 6.07) is 60.3. The minimum absolute atomic E-state index is 0.101. The standard InChI is InChI=1S/3C22H16O3/c3*1-14-6-9-16(10-7-14)25-13-15-8-11-19-20(12-15)22(24)18-5-3-2-4-17(18)21(19)23/h3*2-12H,13H2,1H3. The number of ether oxygens (including phenoxy) is 3. The lowest BCUT2D eigenvalue weighted by atomic mass is 9.83. The van der Waals surface area contributed by atoms with E-state index in [2.05, 4.69) is 0 Å². The van der Waals surface area contributed by atoms with E-state index in [0.717, 1.165) is 33.9 Å². The van der Waals surface area contributed by atoms with Gasteiger partial charge in [0, 0.05) is 66.8 Å². The second-order valence-corrected chi connectivity index (χ2v) is 18.6. The van der Waals surface area contributed by atoms with Crippen LogP contribution in [0.1, 0.15) is 129 Å². The van der Waals surface area contributed by atoms with E-state index in [9.17, 15) is 28.8 Å². The highest BCUT2D eigenvalue weighted by atomic mass is 16.5. The van der Waals surface area contributed by atoms with Crippen LogP contribution in [0, 0.1) is 20.8 Å². The molecule has 0 saturated carbocycles. The van der Waals surface area contributed by atoms with Gasteiger partial charge in [0.25, 0.3) is 0 Å². The molecule has 0 radical (unpaired) electrons. The van der Waals surface area contributed by atoms with Crippen LogP contribution in [-0.2, 0) is 19.8 Å². The van der Waals surface area contributed by atoms with E-state index in [0.29, 0.717) is 86.6 Å². The fraction of sp³-hybridized carbons (Fsp3) is 0.0909. The molecule has 0 unspecified atom stereocenters. The van der Waals surface area contributed by atoms with E-state index in [-0.39, 0.29) is 34.7 Å². The molecule has 0 fully saturated rings. The van der Waals surface area contributed by atoms with Gasteiger partial charge >= 0.3 is 0 Å². The van der Waals surface area contributed by atoms with Crippen LogP contribution in [0.15, 0.2) is 200 Å². The topological polar surface area (TPSA) is 130 Å². The first-order chi connectivity index (χ1) is 36.4. The van der Waals surface area contributed by atoms with Crippen LogP contribution in [0.2, 0.25) is 0 Å². The first-order valence-electron chi connectivity index (χ1n) is 24.4. The number of rotatable bonds is 9. The van der Waals surface area contributed by atoms with Gasteiger partial charge in [-0.05, 0) is 110 Å². The molecule has 0 atom stereocenters. The molecule has 75 heavy (non-hydrogen) atoms. The second-order valence-electron chi connectivity index (χ2n) is 18.6. The molecule has 3 aliphatic carbocycles. The zero-order valence-electron chi connectivity index (χ0n) is 41.3. The molecule has 9 nitrogen and oxygen atoms in total. The van der Waals surface area contributed by atoms with Crippen molar-refractivity contribution in [2.24, 2.45) is 0 Å². The lowest BCUT2D eigenvalue weighted by Gasteiger charge is -2.18. The predicted octanol–water partition coefficient (Wildman–Crippen LogP) is 13.0. The fourth-order valence-electron chi connectivity index (χ4n) is 9.11. The van der Waals surface area contributed by atoms with Crippen LogP contribution < -0.4 is 14.2 Å². The molecule has 0 saturated heterocycles. The number of benzene rings is 9. The summed E-state index contributed by atoms with van der Waals surface area (Å²) in [4.78, 5) is 76.0. The van der Waals surface area contributed by atoms with Gasteiger partial charge in [-0.3, -0.25) is 28.8 Å². The van der Waals surface area contributed by atoms with E-state index in [1.807, 2.05) is 112 Å². The van der Waals surface area contributed by atoms with Crippen molar-refractivity contribution in [3.63, 3.8) is 0 Å². The summed E-state index contributed by atoms with van der Waals surface area (Å²) in [5.41, 5.74) is 11.7. The monoisotopic (exact) mass is 984 g/mol. The van der Waals surface area contributed by atoms with Gasteiger partial charge in [-0.1, -0.05) is 144 Å². The van der Waals surface area contributed by atoms with Gasteiger partial charge in [-0.25, -0.2) is 0 Å². The van der Waals surface area contributed by atoms with Crippen molar-refractivity contribution in [3.8, 4) is 17.2 Å². The van der Waals surface area contributed by atoms with Crippen LogP contribution >= 0.6 is 0 Å². The summed E-state index contributed by atoms with van der Waals surface area (Å²) in [5, 5.41) is 0. The first-order valence-corrected chi connectivity index (χ1v) is 24.4. The van der Waals surface area contributed by atoms with Gasteiger partial charge in [0.1, 0.15) is 37.1 Å². The number of carbonyl (C=O) groups is 6. The lowest BCUT2D eigenvalue weighted by molar-refractivity contribution is 0.0979. The number of hydrogen-bond acceptors (Lipinski definition) is 9. The van der Waals surface area contributed by atoms with Crippen molar-refractivity contribution in [1.29, 1.82) is 0 Å². The molecule has 0 heterocycles. The van der Waals surface area contributed by atoms with Crippen molar-refractivity contribution < 1.29 is 43.0 Å². The predicted molar refractivity (Wildman–Crippen MR) is 286 cm³/mol. The normalized spacial score (nSPS) is 12.5. The maximum atomic E-state index is 12.7. The van der Waals surface area contributed by atoms with Crippen molar-refractivity contribution in [2.45, 2.75) is 40.6 Å². The van der Waals surface area contributed by atoms with Crippen molar-refractivity contribution in [3.05, 3.63) is 300 Å². The minimum Gasteiger partial charge on any atom is -0.489 e. The number of aryl methyl sites for hydroxylation is 3. The van der Waals surface area contributed by atoms with E-state index in [1.54, 1.807) is 109 Å². The summed E-state index contributed by atoms with van der Waals surface area (Å²) >= 11 is 0. The Kier molecular flexibility index (Phi) is 13.9. The van der Waals surface area contributed by atoms with Crippen LogP contribution in [-0.4, -0.2) is 34.7 Å². The molecule has 12 rings (SSSR count). The summed E-state index contributed by atoms with van der Waals surface area (Å²) in [6.07, 6.45) is 0. The Morgan fingerprint density at radius 3 is 0.667 bits per heavy atom. The molecule has 9 aromatic carbocycles. The third kappa shape index (κ3) is 10.4. The summed E-state index contributed by atoms with van der Waals surface area (Å²) in [5.74, 6) is 1.69. The smallest absolute Gasteiger partial charge is 0.194 e. The molecule has 0 bridgehead atoms. The molecule has 366 valence electrons. The highest BCUT2D eigenvalue weighted by Crippen LogP contribution is 2.32. The average molecular weight is 985 g/mol. The van der Waals surface area contributed by atoms with Gasteiger partial charge in [0.2, 0.25) is 0 Å². The minimum atomic E-state index is -0.109. The SMILES string of the molecule is Cc1ccc(OCc2ccc3c(c2)C(=O)c2ccccc2C3=O)cc1.Cc1ccc(OCc2ccc3c(c2)C(=O)c2ccccc2C3=O)cc1.Cc1ccc(OCc2ccc3c(c2)C(=O)c2ccccc2C3=O)cc1. The molecule has 0 aliphatic heterocycles. The Labute approximate surface area is 434 Å². The van der Waals surface area contributed by atoms with Gasteiger partial charge in [-0.2, -0.15) is 0 Å². The lowest BCUT2D eigenvalue weighted by Crippen LogP contribution is -2.21. The first kappa shape index (κ1) is 49.0. The van der Waals surface area contributed by atoms with E-state index in [1.165, 1.54) is 16.7 Å². The zero-order chi connectivity index (χ0) is 52.2. The number of ketones is 6. The quantitative estimate of drug-likeness (QED) is 0.139. The Morgan fingerprint density at radius 2 is 0.440 bits per heavy atom. The maximum absolute atomic E-state index is 12.7. The Balaban J connectivity index is 0.000000128. The number of carbonyl (C=O) groups excluding carboxylic acids is 6. The summed E-state index contributed by atoms with van der Waals surface area (Å²) < 4.78 is 17.3. The Morgan fingerprint density at radius 1 is 0.240 bits per heavy atom. The molecule has 9 heteroatoms. The second kappa shape index (κ2) is 21.2. The van der Waals surface area contributed by atoms with Crippen molar-refractivity contribution >= 4 is 34.7 Å². The van der Waals surface area contributed by atoms with Gasteiger partial charge < -0.3 is 14.2 Å². The number of hydrogen-bond donors (Lipinski definition) is 0.